The van der Waals surface area contributed by atoms with Crippen molar-refractivity contribution in [3.8, 4) is 0 Å². The van der Waals surface area contributed by atoms with Crippen LogP contribution in [0.25, 0.3) is 0 Å². The van der Waals surface area contributed by atoms with E-state index in [0.717, 1.165) is 26.2 Å². The zero-order valence-corrected chi connectivity index (χ0v) is 36.0. The number of hydrogen-bond donors (Lipinski definition) is 0. The van der Waals surface area contributed by atoms with Crippen molar-refractivity contribution >= 4 is 0 Å². The van der Waals surface area contributed by atoms with Crippen LogP contribution in [0.4, 0.5) is 0 Å². The van der Waals surface area contributed by atoms with Gasteiger partial charge in [-0.3, -0.25) is 19.6 Å². The van der Waals surface area contributed by atoms with Gasteiger partial charge in [0.1, 0.15) is 0 Å². The molecule has 0 amide bonds. The summed E-state index contributed by atoms with van der Waals surface area (Å²) in [5, 5.41) is 0. The summed E-state index contributed by atoms with van der Waals surface area (Å²) in [6.45, 7) is 37.9. The normalized spacial score (nSPS) is 21.2. The highest BCUT2D eigenvalue weighted by Crippen LogP contribution is 2.32. The molecule has 0 atom stereocenters. The predicted octanol–water partition coefficient (Wildman–Crippen LogP) is 10.7. The second kappa shape index (κ2) is 17.0. The van der Waals surface area contributed by atoms with Gasteiger partial charge in [0.05, 0.1) is 13.3 Å². The Kier molecular flexibility index (Phi) is 13.5. The maximum absolute atomic E-state index is 2.68. The van der Waals surface area contributed by atoms with E-state index in [2.05, 4.69) is 140 Å². The Morgan fingerprint density at radius 3 is 0.635 bits per heavy atom. The third-order valence-corrected chi connectivity index (χ3v) is 12.2. The largest absolute Gasteiger partial charge is 0.280 e. The van der Waals surface area contributed by atoms with Crippen LogP contribution in [0.1, 0.15) is 166 Å². The molecule has 0 aromatic heterocycles. The zero-order chi connectivity index (χ0) is 37.9. The summed E-state index contributed by atoms with van der Waals surface area (Å²) < 4.78 is 0. The molecule has 2 aromatic rings. The first-order chi connectivity index (χ1) is 24.3. The molecule has 8 rings (SSSR count). The SMILES string of the molecule is CC(C)(C)N1[CH]N(C(C)(C)C)CCCc2cc3c(cc2CCCc2cc4c(cc2CCCN(C(C)(C)C)[CH]N(C(C)(C)C)CCC4)CCC3)CCC1. The summed E-state index contributed by atoms with van der Waals surface area (Å²) >= 11 is 0. The lowest BCUT2D eigenvalue weighted by molar-refractivity contribution is 0.0613. The highest BCUT2D eigenvalue weighted by molar-refractivity contribution is 5.42. The minimum Gasteiger partial charge on any atom is -0.280 e. The molecule has 4 nitrogen and oxygen atoms in total. The van der Waals surface area contributed by atoms with Crippen LogP contribution in [0.15, 0.2) is 24.3 Å². The van der Waals surface area contributed by atoms with E-state index in [1.807, 2.05) is 0 Å². The van der Waals surface area contributed by atoms with Gasteiger partial charge in [-0.25, -0.2) is 0 Å². The molecule has 2 aromatic carbocycles. The summed E-state index contributed by atoms with van der Waals surface area (Å²) in [6, 6.07) is 10.7. The number of hydrogen-bond acceptors (Lipinski definition) is 4. The Morgan fingerprint density at radius 2 is 0.462 bits per heavy atom. The fourth-order valence-corrected chi connectivity index (χ4v) is 8.74. The van der Waals surface area contributed by atoms with Crippen molar-refractivity contribution in [3.63, 3.8) is 0 Å². The van der Waals surface area contributed by atoms with Gasteiger partial charge in [-0.1, -0.05) is 24.3 Å². The fourth-order valence-electron chi connectivity index (χ4n) is 8.74. The Morgan fingerprint density at radius 1 is 0.288 bits per heavy atom. The molecule has 0 saturated heterocycles. The van der Waals surface area contributed by atoms with Crippen molar-refractivity contribution in [2.75, 3.05) is 26.2 Å². The molecule has 0 unspecified atom stereocenters. The molecule has 0 N–H and O–H groups in total. The molecule has 0 spiro atoms. The molecular formula is C48H78N4. The van der Waals surface area contributed by atoms with Crippen molar-refractivity contribution in [1.82, 2.24) is 19.6 Å². The van der Waals surface area contributed by atoms with Gasteiger partial charge in [0.25, 0.3) is 0 Å². The third kappa shape index (κ3) is 11.2. The van der Waals surface area contributed by atoms with Crippen molar-refractivity contribution in [1.29, 1.82) is 0 Å². The molecule has 2 aliphatic carbocycles. The van der Waals surface area contributed by atoms with Crippen LogP contribution in [-0.4, -0.2) is 67.9 Å². The molecule has 4 heterocycles. The van der Waals surface area contributed by atoms with Crippen LogP contribution < -0.4 is 0 Å². The van der Waals surface area contributed by atoms with Crippen LogP contribution in [0.3, 0.4) is 0 Å². The second-order valence-corrected chi connectivity index (χ2v) is 20.6. The first-order valence-electron chi connectivity index (χ1n) is 21.3. The van der Waals surface area contributed by atoms with Crippen molar-refractivity contribution in [3.05, 3.63) is 82.1 Å². The van der Waals surface area contributed by atoms with E-state index in [1.165, 1.54) is 89.9 Å². The first kappa shape index (κ1) is 41.4. The van der Waals surface area contributed by atoms with Crippen LogP contribution in [0, 0.1) is 13.3 Å². The van der Waals surface area contributed by atoms with Crippen LogP contribution in [0.5, 0.6) is 0 Å². The van der Waals surface area contributed by atoms with Gasteiger partial charge < -0.3 is 0 Å². The van der Waals surface area contributed by atoms with Gasteiger partial charge in [-0.05, 0) is 217 Å². The summed E-state index contributed by atoms with van der Waals surface area (Å²) in [6.07, 6.45) is 16.7. The number of nitrogens with zero attached hydrogens (tertiary/aromatic N) is 4. The Hall–Kier alpha value is -1.72. The molecular weight excluding hydrogens is 633 g/mol. The van der Waals surface area contributed by atoms with E-state index in [-0.39, 0.29) is 22.2 Å². The lowest BCUT2D eigenvalue weighted by atomic mass is 9.85. The number of fused-ring (bicyclic) bond motifs is 20. The lowest BCUT2D eigenvalue weighted by Crippen LogP contribution is -2.50. The predicted molar refractivity (Wildman–Crippen MR) is 225 cm³/mol. The van der Waals surface area contributed by atoms with Gasteiger partial charge in [0.15, 0.2) is 0 Å². The van der Waals surface area contributed by atoms with Gasteiger partial charge in [-0.2, -0.15) is 0 Å². The molecule has 2 radical (unpaired) electrons. The first-order valence-corrected chi connectivity index (χ1v) is 21.3. The monoisotopic (exact) mass is 711 g/mol. The number of benzene rings is 2. The van der Waals surface area contributed by atoms with Crippen LogP contribution in [0.2, 0.25) is 0 Å². The number of rotatable bonds is 0. The summed E-state index contributed by atoms with van der Waals surface area (Å²) in [5.41, 5.74) is 13.5. The topological polar surface area (TPSA) is 13.0 Å². The van der Waals surface area contributed by atoms with Crippen molar-refractivity contribution < 1.29 is 0 Å². The molecule has 4 heteroatoms. The van der Waals surface area contributed by atoms with E-state index in [9.17, 15) is 0 Å². The van der Waals surface area contributed by atoms with Crippen LogP contribution >= 0.6 is 0 Å². The van der Waals surface area contributed by atoms with E-state index in [0.29, 0.717) is 0 Å². The minimum absolute atomic E-state index is 0.105. The molecule has 6 aliphatic rings. The molecule has 8 bridgehead atoms. The molecule has 4 aliphatic heterocycles. The van der Waals surface area contributed by atoms with Gasteiger partial charge >= 0.3 is 0 Å². The van der Waals surface area contributed by atoms with E-state index >= 15 is 0 Å². The quantitative estimate of drug-likeness (QED) is 0.270. The Bertz CT molecular complexity index is 1240. The Balaban J connectivity index is 1.45. The number of aryl methyl sites for hydroxylation is 8. The van der Waals surface area contributed by atoms with Crippen molar-refractivity contribution in [2.45, 2.75) is 195 Å². The summed E-state index contributed by atoms with van der Waals surface area (Å²) in [5.74, 6) is 0. The van der Waals surface area contributed by atoms with Gasteiger partial charge in [-0.15, -0.1) is 0 Å². The van der Waals surface area contributed by atoms with E-state index < -0.39 is 0 Å². The molecule has 52 heavy (non-hydrogen) atoms. The van der Waals surface area contributed by atoms with Gasteiger partial charge in [0.2, 0.25) is 0 Å². The summed E-state index contributed by atoms with van der Waals surface area (Å²) in [7, 11) is 0. The van der Waals surface area contributed by atoms with E-state index in [4.69, 9.17) is 0 Å². The van der Waals surface area contributed by atoms with Crippen molar-refractivity contribution in [2.24, 2.45) is 0 Å². The third-order valence-electron chi connectivity index (χ3n) is 12.2. The highest BCUT2D eigenvalue weighted by atomic mass is 15.4. The standard InChI is InChI=1S/C48H78N4/c1-45(2,3)49-27-15-23-41-31-38-20-14-22-40-34-43-25-17-29-51(47(7,8)9)36-52(48(10,11)12)30-18-26-44(40)33-39(43)21-13-19-37(41)32-42(38)24-16-28-50(35-49)46(4,5)6/h31-36H,13-30H2,1-12H3. The molecule has 0 fully saturated rings. The smallest absolute Gasteiger partial charge is 0.0930 e. The molecule has 290 valence electrons. The average molecular weight is 711 g/mol. The lowest BCUT2D eigenvalue weighted by Gasteiger charge is -2.43. The minimum atomic E-state index is 0.105. The maximum Gasteiger partial charge on any atom is 0.0930 e. The second-order valence-electron chi connectivity index (χ2n) is 20.6. The highest BCUT2D eigenvalue weighted by Gasteiger charge is 2.31. The average Bonchev–Trinajstić information content (AvgIpc) is 3.06. The van der Waals surface area contributed by atoms with E-state index in [1.54, 1.807) is 44.5 Å². The van der Waals surface area contributed by atoms with Crippen LogP contribution in [-0.2, 0) is 51.4 Å². The fraction of sp³-hybridized carbons (Fsp3) is 0.708. The molecule has 0 saturated carbocycles. The van der Waals surface area contributed by atoms with Gasteiger partial charge in [0, 0.05) is 48.3 Å². The Labute approximate surface area is 322 Å². The summed E-state index contributed by atoms with van der Waals surface area (Å²) in [4.78, 5) is 10.5. The maximum atomic E-state index is 2.68. The zero-order valence-electron chi connectivity index (χ0n) is 36.0.